The molecule has 0 saturated carbocycles. The second-order valence-electron chi connectivity index (χ2n) is 9.09. The SMILES string of the molecule is CC(C)(C)OC(=O)N1C(=O)C[C@H](c2ccc(Cl)cc2)[C@H]1C12OCCC(C)(CO1)O2. The Morgan fingerprint density at radius 2 is 1.93 bits per heavy atom. The number of hydrogen-bond donors (Lipinski definition) is 0. The zero-order chi connectivity index (χ0) is 21.0. The molecule has 3 aliphatic heterocycles. The number of amides is 2. The molecular weight excluding hydrogens is 398 g/mol. The highest BCUT2D eigenvalue weighted by Crippen LogP contribution is 2.50. The van der Waals surface area contributed by atoms with Gasteiger partial charge in [0.05, 0.1) is 18.8 Å². The van der Waals surface area contributed by atoms with E-state index in [-0.39, 0.29) is 18.2 Å². The van der Waals surface area contributed by atoms with Gasteiger partial charge >= 0.3 is 12.1 Å². The molecule has 1 aromatic rings. The molecule has 2 bridgehead atoms. The lowest BCUT2D eigenvalue weighted by molar-refractivity contribution is -0.385. The average molecular weight is 424 g/mol. The van der Waals surface area contributed by atoms with Gasteiger partial charge in [-0.15, -0.1) is 0 Å². The van der Waals surface area contributed by atoms with Gasteiger partial charge in [0.2, 0.25) is 5.91 Å². The van der Waals surface area contributed by atoms with E-state index >= 15 is 0 Å². The van der Waals surface area contributed by atoms with Gasteiger partial charge in [0.15, 0.2) is 0 Å². The molecular formula is C21H26ClNO6. The summed E-state index contributed by atoms with van der Waals surface area (Å²) in [6.45, 7) is 7.96. The first-order valence-corrected chi connectivity index (χ1v) is 10.2. The fourth-order valence-electron chi connectivity index (χ4n) is 4.16. The molecule has 0 aliphatic carbocycles. The number of carbonyl (C=O) groups excluding carboxylic acids is 2. The van der Waals surface area contributed by atoms with E-state index < -0.39 is 29.3 Å². The molecule has 2 unspecified atom stereocenters. The fourth-order valence-corrected chi connectivity index (χ4v) is 4.29. The first-order valence-electron chi connectivity index (χ1n) is 9.81. The van der Waals surface area contributed by atoms with Crippen LogP contribution in [0.5, 0.6) is 0 Å². The Morgan fingerprint density at radius 1 is 1.24 bits per heavy atom. The largest absolute Gasteiger partial charge is 0.443 e. The summed E-state index contributed by atoms with van der Waals surface area (Å²) >= 11 is 6.04. The molecule has 3 fully saturated rings. The van der Waals surface area contributed by atoms with Crippen LogP contribution < -0.4 is 0 Å². The van der Waals surface area contributed by atoms with Crippen LogP contribution in [0, 0.1) is 0 Å². The molecule has 0 aromatic heterocycles. The Balaban J connectivity index is 1.75. The van der Waals surface area contributed by atoms with Crippen molar-refractivity contribution >= 4 is 23.6 Å². The van der Waals surface area contributed by atoms with E-state index in [0.29, 0.717) is 24.7 Å². The van der Waals surface area contributed by atoms with Crippen LogP contribution in [-0.4, -0.2) is 53.3 Å². The summed E-state index contributed by atoms with van der Waals surface area (Å²) in [6, 6.07) is 6.40. The number of imide groups is 1. The minimum Gasteiger partial charge on any atom is -0.443 e. The van der Waals surface area contributed by atoms with Crippen molar-refractivity contribution in [1.82, 2.24) is 4.90 Å². The van der Waals surface area contributed by atoms with E-state index in [9.17, 15) is 9.59 Å². The van der Waals surface area contributed by atoms with Crippen LogP contribution >= 0.6 is 11.6 Å². The number of fused-ring (bicyclic) bond motifs is 2. The molecule has 158 valence electrons. The van der Waals surface area contributed by atoms with Crippen molar-refractivity contribution in [3.63, 3.8) is 0 Å². The van der Waals surface area contributed by atoms with E-state index in [4.69, 9.17) is 30.5 Å². The quantitative estimate of drug-likeness (QED) is 0.719. The summed E-state index contributed by atoms with van der Waals surface area (Å²) in [6.07, 6.45) is 0.0569. The normalized spacial score (nSPS) is 34.5. The lowest BCUT2D eigenvalue weighted by atomic mass is 9.89. The topological polar surface area (TPSA) is 74.3 Å². The Kier molecular flexibility index (Phi) is 4.93. The monoisotopic (exact) mass is 423 g/mol. The van der Waals surface area contributed by atoms with Crippen molar-refractivity contribution in [2.45, 2.75) is 69.7 Å². The Bertz CT molecular complexity index is 821. The van der Waals surface area contributed by atoms with Crippen LogP contribution in [-0.2, 0) is 23.7 Å². The molecule has 0 N–H and O–H groups in total. The maximum Gasteiger partial charge on any atom is 0.417 e. The van der Waals surface area contributed by atoms with E-state index in [1.54, 1.807) is 32.9 Å². The molecule has 3 aliphatic rings. The summed E-state index contributed by atoms with van der Waals surface area (Å²) in [5.41, 5.74) is -0.422. The van der Waals surface area contributed by atoms with Crippen LogP contribution in [0.15, 0.2) is 24.3 Å². The molecule has 8 heteroatoms. The minimum absolute atomic E-state index is 0.111. The molecule has 4 rings (SSSR count). The second-order valence-corrected chi connectivity index (χ2v) is 9.53. The van der Waals surface area contributed by atoms with Crippen LogP contribution in [0.4, 0.5) is 4.79 Å². The number of halogens is 1. The van der Waals surface area contributed by atoms with E-state index in [1.807, 2.05) is 19.1 Å². The zero-order valence-electron chi connectivity index (χ0n) is 17.1. The lowest BCUT2D eigenvalue weighted by Gasteiger charge is -2.43. The third-order valence-corrected chi connectivity index (χ3v) is 5.73. The van der Waals surface area contributed by atoms with Gasteiger partial charge in [0.25, 0.3) is 0 Å². The van der Waals surface area contributed by atoms with Gasteiger partial charge in [-0.25, -0.2) is 9.69 Å². The molecule has 2 amide bonds. The molecule has 29 heavy (non-hydrogen) atoms. The Morgan fingerprint density at radius 3 is 2.59 bits per heavy atom. The van der Waals surface area contributed by atoms with Crippen LogP contribution in [0.25, 0.3) is 0 Å². The third kappa shape index (κ3) is 3.77. The van der Waals surface area contributed by atoms with Crippen molar-refractivity contribution in [2.75, 3.05) is 13.2 Å². The zero-order valence-corrected chi connectivity index (χ0v) is 17.8. The average Bonchev–Trinajstić information content (AvgIpc) is 3.08. The van der Waals surface area contributed by atoms with Crippen LogP contribution in [0.2, 0.25) is 5.02 Å². The van der Waals surface area contributed by atoms with Crippen LogP contribution in [0.3, 0.4) is 0 Å². The molecule has 3 saturated heterocycles. The van der Waals surface area contributed by atoms with E-state index in [0.717, 1.165) is 10.5 Å². The minimum atomic E-state index is -1.51. The predicted octanol–water partition coefficient (Wildman–Crippen LogP) is 3.84. The summed E-state index contributed by atoms with van der Waals surface area (Å²) < 4.78 is 23.7. The highest BCUT2D eigenvalue weighted by molar-refractivity contribution is 6.30. The van der Waals surface area contributed by atoms with Crippen molar-refractivity contribution in [2.24, 2.45) is 0 Å². The molecule has 0 spiro atoms. The first-order chi connectivity index (χ1) is 13.5. The molecule has 4 atom stereocenters. The molecule has 1 aromatic carbocycles. The number of hydrogen-bond acceptors (Lipinski definition) is 6. The highest BCUT2D eigenvalue weighted by atomic mass is 35.5. The van der Waals surface area contributed by atoms with E-state index in [2.05, 4.69) is 0 Å². The van der Waals surface area contributed by atoms with Gasteiger partial charge in [-0.05, 0) is 45.4 Å². The number of rotatable bonds is 2. The number of likely N-dealkylation sites (tertiary alicyclic amines) is 1. The molecule has 7 nitrogen and oxygen atoms in total. The summed E-state index contributed by atoms with van der Waals surface area (Å²) in [5, 5.41) is 0.589. The van der Waals surface area contributed by atoms with Gasteiger partial charge in [-0.2, -0.15) is 0 Å². The summed E-state index contributed by atoms with van der Waals surface area (Å²) in [7, 11) is 0. The Labute approximate surface area is 175 Å². The van der Waals surface area contributed by atoms with Gasteiger partial charge < -0.3 is 18.9 Å². The van der Waals surface area contributed by atoms with Gasteiger partial charge in [-0.1, -0.05) is 23.7 Å². The second kappa shape index (κ2) is 6.94. The predicted molar refractivity (Wildman–Crippen MR) is 104 cm³/mol. The molecule has 0 radical (unpaired) electrons. The van der Waals surface area contributed by atoms with E-state index in [1.165, 1.54) is 0 Å². The standard InChI is InChI=1S/C21H26ClNO6/c1-19(2,3)28-18(25)23-16(24)11-15(13-5-7-14(22)8-6-13)17(23)21-26-10-9-20(4,29-21)12-27-21/h5-8,15,17H,9-12H2,1-4H3/t15-,17+,20?,21?/m1/s1. The number of carbonyl (C=O) groups is 2. The highest BCUT2D eigenvalue weighted by Gasteiger charge is 2.65. The van der Waals surface area contributed by atoms with Crippen LogP contribution in [0.1, 0.15) is 52.0 Å². The van der Waals surface area contributed by atoms with Crippen molar-refractivity contribution in [1.29, 1.82) is 0 Å². The third-order valence-electron chi connectivity index (χ3n) is 5.47. The van der Waals surface area contributed by atoms with Gasteiger partial charge in [-0.3, -0.25) is 4.79 Å². The number of benzene rings is 1. The van der Waals surface area contributed by atoms with Gasteiger partial charge in [0, 0.05) is 23.8 Å². The fraction of sp³-hybridized carbons (Fsp3) is 0.619. The first kappa shape index (κ1) is 20.6. The van der Waals surface area contributed by atoms with Crippen molar-refractivity contribution in [3.8, 4) is 0 Å². The lowest BCUT2D eigenvalue weighted by Crippen LogP contribution is -2.60. The van der Waals surface area contributed by atoms with Gasteiger partial charge in [0.1, 0.15) is 11.6 Å². The number of nitrogens with zero attached hydrogens (tertiary/aromatic N) is 1. The number of ether oxygens (including phenoxy) is 4. The smallest absolute Gasteiger partial charge is 0.417 e. The summed E-state index contributed by atoms with van der Waals surface area (Å²) in [5.74, 6) is -2.25. The molecule has 3 heterocycles. The maximum atomic E-state index is 13.0. The van der Waals surface area contributed by atoms with Crippen molar-refractivity contribution < 1.29 is 28.5 Å². The summed E-state index contributed by atoms with van der Waals surface area (Å²) in [4.78, 5) is 27.1. The van der Waals surface area contributed by atoms with Crippen molar-refractivity contribution in [3.05, 3.63) is 34.9 Å². The Hall–Kier alpha value is -1.67. The maximum absolute atomic E-state index is 13.0.